The van der Waals surface area contributed by atoms with Gasteiger partial charge in [0.05, 0.1) is 11.4 Å². The highest BCUT2D eigenvalue weighted by molar-refractivity contribution is 5.96. The molecule has 1 fully saturated rings. The number of hydrogen-bond donors (Lipinski definition) is 2. The third kappa shape index (κ3) is 2.12. The smallest absolute Gasteiger partial charge is 0.227 e. The van der Waals surface area contributed by atoms with Crippen LogP contribution in [0.2, 0.25) is 0 Å². The van der Waals surface area contributed by atoms with E-state index in [1.54, 1.807) is 0 Å². The second-order valence-corrected chi connectivity index (χ2v) is 4.40. The van der Waals surface area contributed by atoms with Crippen LogP contribution in [0, 0.1) is 18.8 Å². The molecule has 2 rings (SSSR count). The molecule has 15 heavy (non-hydrogen) atoms. The number of rotatable bonds is 2. The molecule has 1 saturated carbocycles. The van der Waals surface area contributed by atoms with Crippen LogP contribution < -0.4 is 11.1 Å². The molecule has 1 aliphatic rings. The van der Waals surface area contributed by atoms with Crippen LogP contribution in [-0.4, -0.2) is 5.91 Å². The summed E-state index contributed by atoms with van der Waals surface area (Å²) < 4.78 is 0. The lowest BCUT2D eigenvalue weighted by Crippen LogP contribution is -2.15. The number of aryl methyl sites for hydroxylation is 1. The SMILES string of the molecule is Cc1ccc(N)c(NC(=O)C2CC2C)c1. The Kier molecular flexibility index (Phi) is 2.39. The van der Waals surface area contributed by atoms with Crippen molar-refractivity contribution in [3.05, 3.63) is 23.8 Å². The first-order valence-electron chi connectivity index (χ1n) is 5.25. The first kappa shape index (κ1) is 10.0. The predicted molar refractivity (Wildman–Crippen MR) is 61.5 cm³/mol. The first-order chi connectivity index (χ1) is 7.08. The van der Waals surface area contributed by atoms with Gasteiger partial charge in [-0.3, -0.25) is 4.79 Å². The lowest BCUT2D eigenvalue weighted by Gasteiger charge is -2.08. The van der Waals surface area contributed by atoms with Gasteiger partial charge in [-0.25, -0.2) is 0 Å². The Morgan fingerprint density at radius 1 is 1.53 bits per heavy atom. The Hall–Kier alpha value is -1.51. The van der Waals surface area contributed by atoms with E-state index in [-0.39, 0.29) is 11.8 Å². The van der Waals surface area contributed by atoms with Gasteiger partial charge in [0.25, 0.3) is 0 Å². The zero-order chi connectivity index (χ0) is 11.0. The van der Waals surface area contributed by atoms with E-state index >= 15 is 0 Å². The van der Waals surface area contributed by atoms with E-state index in [1.807, 2.05) is 25.1 Å². The van der Waals surface area contributed by atoms with E-state index in [1.165, 1.54) is 0 Å². The van der Waals surface area contributed by atoms with Crippen LogP contribution >= 0.6 is 0 Å². The minimum atomic E-state index is 0.0970. The Morgan fingerprint density at radius 3 is 2.80 bits per heavy atom. The van der Waals surface area contributed by atoms with Gasteiger partial charge < -0.3 is 11.1 Å². The van der Waals surface area contributed by atoms with E-state index in [4.69, 9.17) is 5.73 Å². The van der Waals surface area contributed by atoms with Crippen LogP contribution in [0.15, 0.2) is 18.2 Å². The summed E-state index contributed by atoms with van der Waals surface area (Å²) in [5, 5.41) is 2.88. The quantitative estimate of drug-likeness (QED) is 0.725. The number of anilines is 2. The molecule has 3 heteroatoms. The number of amides is 1. The summed E-state index contributed by atoms with van der Waals surface area (Å²) >= 11 is 0. The van der Waals surface area contributed by atoms with E-state index in [0.29, 0.717) is 11.6 Å². The van der Waals surface area contributed by atoms with Gasteiger partial charge in [0.2, 0.25) is 5.91 Å². The Balaban J connectivity index is 2.10. The normalized spacial score (nSPS) is 23.6. The minimum absolute atomic E-state index is 0.0970. The molecule has 0 aliphatic heterocycles. The van der Waals surface area contributed by atoms with Gasteiger partial charge in [0.1, 0.15) is 0 Å². The number of nitrogen functional groups attached to an aromatic ring is 1. The van der Waals surface area contributed by atoms with Crippen molar-refractivity contribution in [3.63, 3.8) is 0 Å². The summed E-state index contributed by atoms with van der Waals surface area (Å²) in [7, 11) is 0. The van der Waals surface area contributed by atoms with Crippen LogP contribution in [0.4, 0.5) is 11.4 Å². The van der Waals surface area contributed by atoms with Gasteiger partial charge in [0.15, 0.2) is 0 Å². The minimum Gasteiger partial charge on any atom is -0.397 e. The van der Waals surface area contributed by atoms with Gasteiger partial charge in [-0.1, -0.05) is 13.0 Å². The number of carbonyl (C=O) groups excluding carboxylic acids is 1. The molecule has 0 radical (unpaired) electrons. The first-order valence-corrected chi connectivity index (χ1v) is 5.25. The molecule has 0 bridgehead atoms. The summed E-state index contributed by atoms with van der Waals surface area (Å²) in [5.41, 5.74) is 8.24. The fourth-order valence-corrected chi connectivity index (χ4v) is 1.69. The van der Waals surface area contributed by atoms with Gasteiger partial charge in [-0.15, -0.1) is 0 Å². The monoisotopic (exact) mass is 204 g/mol. The molecule has 3 nitrogen and oxygen atoms in total. The maximum absolute atomic E-state index is 11.7. The van der Waals surface area contributed by atoms with Crippen LogP contribution in [0.3, 0.4) is 0 Å². The summed E-state index contributed by atoms with van der Waals surface area (Å²) in [6, 6.07) is 5.66. The second kappa shape index (κ2) is 3.57. The molecule has 1 aromatic carbocycles. The second-order valence-electron chi connectivity index (χ2n) is 4.40. The standard InChI is InChI=1S/C12H16N2O/c1-7-3-4-10(13)11(5-7)14-12(15)9-6-8(9)2/h3-5,8-9H,6,13H2,1-2H3,(H,14,15). The highest BCUT2D eigenvalue weighted by Crippen LogP contribution is 2.38. The van der Waals surface area contributed by atoms with E-state index in [0.717, 1.165) is 17.7 Å². The van der Waals surface area contributed by atoms with Crippen molar-refractivity contribution in [1.29, 1.82) is 0 Å². The Labute approximate surface area is 89.7 Å². The molecule has 1 aliphatic carbocycles. The van der Waals surface area contributed by atoms with Crippen molar-refractivity contribution < 1.29 is 4.79 Å². The molecule has 1 aromatic rings. The van der Waals surface area contributed by atoms with Crippen LogP contribution in [0.1, 0.15) is 18.9 Å². The van der Waals surface area contributed by atoms with E-state index in [9.17, 15) is 4.79 Å². The fraction of sp³-hybridized carbons (Fsp3) is 0.417. The molecule has 1 amide bonds. The maximum Gasteiger partial charge on any atom is 0.227 e. The Bertz CT molecular complexity index is 401. The zero-order valence-corrected chi connectivity index (χ0v) is 9.08. The van der Waals surface area contributed by atoms with Gasteiger partial charge >= 0.3 is 0 Å². The van der Waals surface area contributed by atoms with Crippen LogP contribution in [-0.2, 0) is 4.79 Å². The molecule has 80 valence electrons. The van der Waals surface area contributed by atoms with Crippen molar-refractivity contribution in [2.75, 3.05) is 11.1 Å². The third-order valence-corrected chi connectivity index (χ3v) is 2.91. The van der Waals surface area contributed by atoms with Gasteiger partial charge in [0, 0.05) is 5.92 Å². The van der Waals surface area contributed by atoms with Gasteiger partial charge in [-0.2, -0.15) is 0 Å². The molecular weight excluding hydrogens is 188 g/mol. The molecule has 0 saturated heterocycles. The summed E-state index contributed by atoms with van der Waals surface area (Å²) in [5.74, 6) is 0.806. The number of hydrogen-bond acceptors (Lipinski definition) is 2. The average Bonchev–Trinajstić information content (AvgIpc) is 2.89. The molecule has 2 unspecified atom stereocenters. The molecule has 0 aromatic heterocycles. The molecular formula is C12H16N2O. The van der Waals surface area contributed by atoms with Gasteiger partial charge in [-0.05, 0) is 37.0 Å². The number of nitrogens with one attached hydrogen (secondary N) is 1. The zero-order valence-electron chi connectivity index (χ0n) is 9.08. The number of carbonyl (C=O) groups is 1. The number of benzene rings is 1. The van der Waals surface area contributed by atoms with Crippen molar-refractivity contribution in [3.8, 4) is 0 Å². The summed E-state index contributed by atoms with van der Waals surface area (Å²) in [6.45, 7) is 4.07. The van der Waals surface area contributed by atoms with Crippen molar-refractivity contribution in [1.82, 2.24) is 0 Å². The third-order valence-electron chi connectivity index (χ3n) is 2.91. The van der Waals surface area contributed by atoms with E-state index in [2.05, 4.69) is 12.2 Å². The highest BCUT2D eigenvalue weighted by atomic mass is 16.2. The molecule has 0 spiro atoms. The molecule has 0 heterocycles. The highest BCUT2D eigenvalue weighted by Gasteiger charge is 2.39. The van der Waals surface area contributed by atoms with Crippen molar-refractivity contribution in [2.24, 2.45) is 11.8 Å². The fourth-order valence-electron chi connectivity index (χ4n) is 1.69. The predicted octanol–water partition coefficient (Wildman–Crippen LogP) is 2.17. The average molecular weight is 204 g/mol. The van der Waals surface area contributed by atoms with Crippen LogP contribution in [0.25, 0.3) is 0 Å². The lowest BCUT2D eigenvalue weighted by atomic mass is 10.2. The Morgan fingerprint density at radius 2 is 2.20 bits per heavy atom. The number of nitrogens with two attached hydrogens (primary N) is 1. The summed E-state index contributed by atoms with van der Waals surface area (Å²) in [6.07, 6.45) is 0.998. The van der Waals surface area contributed by atoms with Crippen molar-refractivity contribution in [2.45, 2.75) is 20.3 Å². The summed E-state index contributed by atoms with van der Waals surface area (Å²) in [4.78, 5) is 11.7. The lowest BCUT2D eigenvalue weighted by molar-refractivity contribution is -0.117. The van der Waals surface area contributed by atoms with Crippen molar-refractivity contribution >= 4 is 17.3 Å². The maximum atomic E-state index is 11.7. The molecule has 3 N–H and O–H groups in total. The van der Waals surface area contributed by atoms with E-state index < -0.39 is 0 Å². The largest absolute Gasteiger partial charge is 0.397 e. The van der Waals surface area contributed by atoms with Crippen LogP contribution in [0.5, 0.6) is 0 Å². The molecule has 2 atom stereocenters. The topological polar surface area (TPSA) is 55.1 Å².